The number of ether oxygens (including phenoxy) is 1. The lowest BCUT2D eigenvalue weighted by atomic mass is 9.68. The van der Waals surface area contributed by atoms with Gasteiger partial charge in [0, 0.05) is 0 Å². The number of esters is 1. The molecule has 3 heteroatoms. The summed E-state index contributed by atoms with van der Waals surface area (Å²) in [5.74, 6) is 3.26. The third-order valence-corrected chi connectivity index (χ3v) is 8.30. The van der Waals surface area contributed by atoms with Crippen LogP contribution < -0.4 is 4.74 Å². The van der Waals surface area contributed by atoms with Gasteiger partial charge in [-0.1, -0.05) is 69.7 Å². The number of nitrogens with zero attached hydrogens (tertiary/aromatic N) is 1. The molecular formula is C31H39NO2. The highest BCUT2D eigenvalue weighted by molar-refractivity contribution is 5.75. The molecule has 0 aromatic heterocycles. The third-order valence-electron chi connectivity index (χ3n) is 8.30. The molecule has 4 rings (SSSR count). The lowest BCUT2D eigenvalue weighted by Gasteiger charge is -2.37. The van der Waals surface area contributed by atoms with E-state index in [1.807, 2.05) is 48.5 Å². The van der Waals surface area contributed by atoms with Crippen LogP contribution in [0.4, 0.5) is 0 Å². The monoisotopic (exact) mass is 457 g/mol. The van der Waals surface area contributed by atoms with Crippen molar-refractivity contribution in [3.05, 3.63) is 54.1 Å². The lowest BCUT2D eigenvalue weighted by Crippen LogP contribution is -2.30. The zero-order valence-electron chi connectivity index (χ0n) is 20.7. The molecule has 0 spiro atoms. The Bertz CT molecular complexity index is 940. The SMILES string of the molecule is CCCCCC1CCC(C2CCC(C(=O)Oc3ccc(-c4ccc(C#N)cc4)cc3)CC2)CC1. The molecule has 0 N–H and O–H groups in total. The Hall–Kier alpha value is -2.60. The average Bonchev–Trinajstić information content (AvgIpc) is 2.90. The van der Waals surface area contributed by atoms with E-state index in [-0.39, 0.29) is 11.9 Å². The molecule has 2 aliphatic rings. The minimum atomic E-state index is -0.0656. The molecular weight excluding hydrogens is 418 g/mol. The second-order valence-electron chi connectivity index (χ2n) is 10.5. The van der Waals surface area contributed by atoms with Gasteiger partial charge in [0.15, 0.2) is 0 Å². The van der Waals surface area contributed by atoms with E-state index in [1.54, 1.807) is 0 Å². The van der Waals surface area contributed by atoms with Crippen LogP contribution in [-0.4, -0.2) is 5.97 Å². The van der Waals surface area contributed by atoms with Gasteiger partial charge in [0.05, 0.1) is 17.6 Å². The van der Waals surface area contributed by atoms with Crippen LogP contribution >= 0.6 is 0 Å². The minimum Gasteiger partial charge on any atom is -0.426 e. The number of benzene rings is 2. The molecule has 0 unspecified atom stereocenters. The van der Waals surface area contributed by atoms with E-state index in [0.717, 1.165) is 41.7 Å². The van der Waals surface area contributed by atoms with Gasteiger partial charge in [0.25, 0.3) is 0 Å². The van der Waals surface area contributed by atoms with Crippen LogP contribution in [0, 0.1) is 35.0 Å². The van der Waals surface area contributed by atoms with Gasteiger partial charge in [-0.2, -0.15) is 5.26 Å². The van der Waals surface area contributed by atoms with Crippen molar-refractivity contribution in [2.24, 2.45) is 23.7 Å². The minimum absolute atomic E-state index is 0.0415. The lowest BCUT2D eigenvalue weighted by molar-refractivity contribution is -0.140. The summed E-state index contributed by atoms with van der Waals surface area (Å²) in [6.07, 6.45) is 15.5. The van der Waals surface area contributed by atoms with Crippen LogP contribution in [0.25, 0.3) is 11.1 Å². The Morgan fingerprint density at radius 3 is 1.94 bits per heavy atom. The molecule has 0 saturated heterocycles. The second-order valence-corrected chi connectivity index (χ2v) is 10.5. The quantitative estimate of drug-likeness (QED) is 0.227. The largest absolute Gasteiger partial charge is 0.426 e. The molecule has 2 fully saturated rings. The first kappa shape index (κ1) is 24.5. The van der Waals surface area contributed by atoms with Gasteiger partial charge >= 0.3 is 5.97 Å². The number of nitriles is 1. The predicted molar refractivity (Wildman–Crippen MR) is 137 cm³/mol. The van der Waals surface area contributed by atoms with Crippen LogP contribution in [0.3, 0.4) is 0 Å². The summed E-state index contributed by atoms with van der Waals surface area (Å²) in [6.45, 7) is 2.29. The Balaban J connectivity index is 1.21. The molecule has 2 saturated carbocycles. The van der Waals surface area contributed by atoms with Crippen molar-refractivity contribution in [1.82, 2.24) is 0 Å². The number of unbranched alkanes of at least 4 members (excludes halogenated alkanes) is 2. The van der Waals surface area contributed by atoms with Gasteiger partial charge in [0.2, 0.25) is 0 Å². The van der Waals surface area contributed by atoms with E-state index in [4.69, 9.17) is 10.00 Å². The van der Waals surface area contributed by atoms with Crippen molar-refractivity contribution >= 4 is 5.97 Å². The topological polar surface area (TPSA) is 50.1 Å². The van der Waals surface area contributed by atoms with Gasteiger partial charge in [-0.3, -0.25) is 4.79 Å². The second kappa shape index (κ2) is 12.2. The van der Waals surface area contributed by atoms with E-state index < -0.39 is 0 Å². The van der Waals surface area contributed by atoms with Crippen molar-refractivity contribution in [2.45, 2.75) is 84.0 Å². The van der Waals surface area contributed by atoms with E-state index in [2.05, 4.69) is 13.0 Å². The fraction of sp³-hybridized carbons (Fsp3) is 0.548. The van der Waals surface area contributed by atoms with Gasteiger partial charge in [0.1, 0.15) is 5.75 Å². The van der Waals surface area contributed by atoms with Crippen molar-refractivity contribution in [3.8, 4) is 22.9 Å². The molecule has 0 radical (unpaired) electrons. The van der Waals surface area contributed by atoms with E-state index in [1.165, 1.54) is 64.2 Å². The number of hydrogen-bond donors (Lipinski definition) is 0. The fourth-order valence-corrected chi connectivity index (χ4v) is 6.11. The average molecular weight is 458 g/mol. The molecule has 3 nitrogen and oxygen atoms in total. The summed E-state index contributed by atoms with van der Waals surface area (Å²) in [5, 5.41) is 8.95. The van der Waals surface area contributed by atoms with E-state index >= 15 is 0 Å². The highest BCUT2D eigenvalue weighted by atomic mass is 16.5. The van der Waals surface area contributed by atoms with Crippen LogP contribution in [0.1, 0.15) is 89.5 Å². The summed E-state index contributed by atoms with van der Waals surface area (Å²) >= 11 is 0. The van der Waals surface area contributed by atoms with Gasteiger partial charge in [-0.05, 0) is 91.7 Å². The van der Waals surface area contributed by atoms with Crippen molar-refractivity contribution < 1.29 is 9.53 Å². The molecule has 0 amide bonds. The summed E-state index contributed by atoms with van der Waals surface area (Å²) < 4.78 is 5.74. The van der Waals surface area contributed by atoms with Crippen molar-refractivity contribution in [1.29, 1.82) is 5.26 Å². The first-order valence-electron chi connectivity index (χ1n) is 13.5. The third kappa shape index (κ3) is 6.50. The number of hydrogen-bond acceptors (Lipinski definition) is 3. The Morgan fingerprint density at radius 1 is 0.824 bits per heavy atom. The van der Waals surface area contributed by atoms with Crippen LogP contribution in [0.2, 0.25) is 0 Å². The standard InChI is InChI=1S/C31H39NO2/c1-2-3-4-5-23-6-10-25(11-7-23)27-14-16-29(17-15-27)31(33)34-30-20-18-28(19-21-30)26-12-8-24(22-32)9-13-26/h8-9,12-13,18-21,23,25,27,29H,2-7,10-11,14-17H2,1H3. The molecule has 2 aromatic carbocycles. The number of carbonyl (C=O) groups excluding carboxylic acids is 1. The maximum Gasteiger partial charge on any atom is 0.314 e. The normalized spacial score (nSPS) is 24.8. The van der Waals surface area contributed by atoms with Crippen molar-refractivity contribution in [2.75, 3.05) is 0 Å². The van der Waals surface area contributed by atoms with Crippen LogP contribution in [0.5, 0.6) is 5.75 Å². The maximum absolute atomic E-state index is 12.8. The Kier molecular flexibility index (Phi) is 8.80. The summed E-state index contributed by atoms with van der Waals surface area (Å²) in [7, 11) is 0. The Labute approximate surface area is 205 Å². The molecule has 180 valence electrons. The molecule has 0 atom stereocenters. The zero-order valence-corrected chi connectivity index (χ0v) is 20.7. The first-order valence-corrected chi connectivity index (χ1v) is 13.5. The van der Waals surface area contributed by atoms with Crippen LogP contribution in [-0.2, 0) is 4.79 Å². The van der Waals surface area contributed by atoms with Crippen molar-refractivity contribution in [3.63, 3.8) is 0 Å². The molecule has 0 aliphatic heterocycles. The number of carbonyl (C=O) groups is 1. The summed E-state index contributed by atoms with van der Waals surface area (Å²) in [6, 6.07) is 17.3. The summed E-state index contributed by atoms with van der Waals surface area (Å²) in [4.78, 5) is 12.8. The van der Waals surface area contributed by atoms with Crippen LogP contribution in [0.15, 0.2) is 48.5 Å². The summed E-state index contributed by atoms with van der Waals surface area (Å²) in [5.41, 5.74) is 2.74. The number of rotatable bonds is 8. The molecule has 2 aromatic rings. The molecule has 0 bridgehead atoms. The molecule has 2 aliphatic carbocycles. The van der Waals surface area contributed by atoms with E-state index in [9.17, 15) is 4.79 Å². The highest BCUT2D eigenvalue weighted by Crippen LogP contribution is 2.42. The maximum atomic E-state index is 12.8. The smallest absolute Gasteiger partial charge is 0.314 e. The van der Waals surface area contributed by atoms with E-state index in [0.29, 0.717) is 11.3 Å². The molecule has 34 heavy (non-hydrogen) atoms. The van der Waals surface area contributed by atoms with Gasteiger partial charge < -0.3 is 4.74 Å². The molecule has 0 heterocycles. The highest BCUT2D eigenvalue weighted by Gasteiger charge is 2.33. The fourth-order valence-electron chi connectivity index (χ4n) is 6.11. The zero-order chi connectivity index (χ0) is 23.8. The van der Waals surface area contributed by atoms with Gasteiger partial charge in [-0.25, -0.2) is 0 Å². The first-order chi connectivity index (χ1) is 16.7. The van der Waals surface area contributed by atoms with Gasteiger partial charge in [-0.15, -0.1) is 0 Å². The predicted octanol–water partition coefficient (Wildman–Crippen LogP) is 8.32. The Morgan fingerprint density at radius 2 is 1.38 bits per heavy atom.